The van der Waals surface area contributed by atoms with E-state index in [4.69, 9.17) is 26.4 Å². The molecule has 0 aromatic heterocycles. The van der Waals surface area contributed by atoms with Crippen LogP contribution in [0.3, 0.4) is 0 Å². The van der Waals surface area contributed by atoms with Crippen molar-refractivity contribution in [2.24, 2.45) is 5.92 Å². The average molecular weight is 424 g/mol. The van der Waals surface area contributed by atoms with Crippen molar-refractivity contribution in [2.45, 2.75) is 59.4 Å². The predicted molar refractivity (Wildman–Crippen MR) is 118 cm³/mol. The predicted octanol–water partition coefficient (Wildman–Crippen LogP) is 3.57. The van der Waals surface area contributed by atoms with Crippen LogP contribution in [0.2, 0.25) is 0 Å². The monoisotopic (exact) mass is 423 g/mol. The molecule has 2 rings (SSSR count). The van der Waals surface area contributed by atoms with Gasteiger partial charge in [0.25, 0.3) is 5.91 Å². The van der Waals surface area contributed by atoms with E-state index in [1.807, 2.05) is 20.8 Å². The van der Waals surface area contributed by atoms with Crippen LogP contribution in [0.1, 0.15) is 63.7 Å². The molecule has 7 nitrogen and oxygen atoms in total. The highest BCUT2D eigenvalue weighted by Crippen LogP contribution is 2.39. The number of nitrogens with one attached hydrogen (secondary N) is 3. The molecule has 0 aliphatic heterocycles. The maximum Gasteiger partial charge on any atom is 0.269 e. The summed E-state index contributed by atoms with van der Waals surface area (Å²) in [6.45, 7) is 9.22. The molecule has 1 amide bonds. The fourth-order valence-corrected chi connectivity index (χ4v) is 3.64. The maximum absolute atomic E-state index is 12.7. The molecule has 8 heteroatoms. The normalized spacial score (nSPS) is 18.5. The summed E-state index contributed by atoms with van der Waals surface area (Å²) in [6, 6.07) is 3.63. The van der Waals surface area contributed by atoms with Crippen molar-refractivity contribution in [2.75, 3.05) is 19.8 Å². The smallest absolute Gasteiger partial charge is 0.269 e. The summed E-state index contributed by atoms with van der Waals surface area (Å²) in [5.74, 6) is 1.68. The summed E-state index contributed by atoms with van der Waals surface area (Å²) in [7, 11) is 0. The standard InChI is InChI=1S/C21H33N3O4S/c1-5-26-17-12-15(13-18(27-6-2)19(17)28-7-3)20(25)23-24-21(29)22-16-11-9-8-10-14(16)4/h12-14,16H,5-11H2,1-4H3,(H,23,25)(H2,22,24,29)/t14-,16-/m0/s1. The molecule has 3 N–H and O–H groups in total. The molecular weight excluding hydrogens is 390 g/mol. The molecule has 0 saturated heterocycles. The minimum atomic E-state index is -0.337. The van der Waals surface area contributed by atoms with Gasteiger partial charge in [-0.3, -0.25) is 15.6 Å². The van der Waals surface area contributed by atoms with E-state index in [9.17, 15) is 4.79 Å². The molecule has 162 valence electrons. The molecule has 1 fully saturated rings. The summed E-state index contributed by atoms with van der Waals surface area (Å²) in [6.07, 6.45) is 4.74. The summed E-state index contributed by atoms with van der Waals surface area (Å²) in [5.41, 5.74) is 5.84. The summed E-state index contributed by atoms with van der Waals surface area (Å²) in [4.78, 5) is 12.7. The number of rotatable bonds is 8. The number of benzene rings is 1. The van der Waals surface area contributed by atoms with Crippen molar-refractivity contribution in [1.82, 2.24) is 16.2 Å². The Hall–Kier alpha value is -2.22. The van der Waals surface area contributed by atoms with Crippen LogP contribution >= 0.6 is 12.2 Å². The second-order valence-electron chi connectivity index (χ2n) is 7.02. The van der Waals surface area contributed by atoms with Gasteiger partial charge in [0.1, 0.15) is 0 Å². The van der Waals surface area contributed by atoms with Crippen molar-refractivity contribution < 1.29 is 19.0 Å². The van der Waals surface area contributed by atoms with E-state index in [0.29, 0.717) is 59.7 Å². The molecule has 1 aliphatic rings. The third-order valence-corrected chi connectivity index (χ3v) is 5.11. The molecule has 0 spiro atoms. The van der Waals surface area contributed by atoms with E-state index in [0.717, 1.165) is 6.42 Å². The topological polar surface area (TPSA) is 80.9 Å². The lowest BCUT2D eigenvalue weighted by Crippen LogP contribution is -2.51. The zero-order valence-electron chi connectivity index (χ0n) is 17.8. The Morgan fingerprint density at radius 1 is 1.00 bits per heavy atom. The molecule has 0 bridgehead atoms. The molecular formula is C21H33N3O4S. The molecule has 1 aromatic carbocycles. The number of carbonyl (C=O) groups excluding carboxylic acids is 1. The second-order valence-corrected chi connectivity index (χ2v) is 7.43. The van der Waals surface area contributed by atoms with Crippen molar-refractivity contribution >= 4 is 23.2 Å². The fraction of sp³-hybridized carbons (Fsp3) is 0.619. The third-order valence-electron chi connectivity index (χ3n) is 4.89. The van der Waals surface area contributed by atoms with Crippen LogP contribution in [-0.2, 0) is 0 Å². The second kappa shape index (κ2) is 11.7. The quantitative estimate of drug-likeness (QED) is 0.436. The zero-order chi connectivity index (χ0) is 21.2. The number of hydrazine groups is 1. The van der Waals surface area contributed by atoms with Crippen molar-refractivity contribution in [1.29, 1.82) is 0 Å². The molecule has 1 aromatic rings. The summed E-state index contributed by atoms with van der Waals surface area (Å²) < 4.78 is 17.0. The van der Waals surface area contributed by atoms with Crippen LogP contribution in [0.5, 0.6) is 17.2 Å². The Morgan fingerprint density at radius 3 is 2.14 bits per heavy atom. The maximum atomic E-state index is 12.7. The highest BCUT2D eigenvalue weighted by molar-refractivity contribution is 7.80. The number of thiocarbonyl (C=S) groups is 1. The van der Waals surface area contributed by atoms with Gasteiger partial charge in [-0.1, -0.05) is 19.8 Å². The van der Waals surface area contributed by atoms with Gasteiger partial charge in [0.2, 0.25) is 5.75 Å². The summed E-state index contributed by atoms with van der Waals surface area (Å²) in [5, 5.41) is 3.72. The first kappa shape index (κ1) is 23.1. The van der Waals surface area contributed by atoms with Crippen LogP contribution in [0.25, 0.3) is 0 Å². The lowest BCUT2D eigenvalue weighted by atomic mass is 9.86. The Labute approximate surface area is 178 Å². The van der Waals surface area contributed by atoms with Crippen molar-refractivity contribution in [3.05, 3.63) is 17.7 Å². The van der Waals surface area contributed by atoms with Gasteiger partial charge in [-0.2, -0.15) is 0 Å². The van der Waals surface area contributed by atoms with E-state index < -0.39 is 0 Å². The van der Waals surface area contributed by atoms with Gasteiger partial charge in [0, 0.05) is 11.6 Å². The first-order chi connectivity index (χ1) is 14.0. The molecule has 2 atom stereocenters. The Bertz CT molecular complexity index is 671. The number of hydrogen-bond donors (Lipinski definition) is 3. The highest BCUT2D eigenvalue weighted by atomic mass is 32.1. The molecule has 1 saturated carbocycles. The zero-order valence-corrected chi connectivity index (χ0v) is 18.6. The van der Waals surface area contributed by atoms with E-state index in [-0.39, 0.29) is 5.91 Å². The lowest BCUT2D eigenvalue weighted by Gasteiger charge is -2.30. The largest absolute Gasteiger partial charge is 0.490 e. The summed E-state index contributed by atoms with van der Waals surface area (Å²) >= 11 is 5.34. The molecule has 0 heterocycles. The molecule has 0 unspecified atom stereocenters. The van der Waals surface area contributed by atoms with Gasteiger partial charge in [0.15, 0.2) is 16.6 Å². The number of hydrogen-bond acceptors (Lipinski definition) is 5. The number of ether oxygens (including phenoxy) is 3. The van der Waals surface area contributed by atoms with Crippen LogP contribution in [0, 0.1) is 5.92 Å². The van der Waals surface area contributed by atoms with Gasteiger partial charge in [-0.25, -0.2) is 0 Å². The van der Waals surface area contributed by atoms with E-state index in [1.54, 1.807) is 12.1 Å². The fourth-order valence-electron chi connectivity index (χ4n) is 3.44. The highest BCUT2D eigenvalue weighted by Gasteiger charge is 2.22. The van der Waals surface area contributed by atoms with Gasteiger partial charge < -0.3 is 19.5 Å². The van der Waals surface area contributed by atoms with Crippen molar-refractivity contribution in [3.8, 4) is 17.2 Å². The number of carbonyl (C=O) groups is 1. The van der Waals surface area contributed by atoms with E-state index in [1.165, 1.54) is 19.3 Å². The third kappa shape index (κ3) is 6.66. The van der Waals surface area contributed by atoms with Gasteiger partial charge in [-0.05, 0) is 63.9 Å². The minimum Gasteiger partial charge on any atom is -0.490 e. The lowest BCUT2D eigenvalue weighted by molar-refractivity contribution is 0.0942. The molecule has 1 aliphatic carbocycles. The van der Waals surface area contributed by atoms with Gasteiger partial charge >= 0.3 is 0 Å². The van der Waals surface area contributed by atoms with Crippen LogP contribution in [-0.4, -0.2) is 36.9 Å². The Kier molecular flexibility index (Phi) is 9.31. The van der Waals surface area contributed by atoms with E-state index in [2.05, 4.69) is 23.1 Å². The van der Waals surface area contributed by atoms with Crippen LogP contribution in [0.4, 0.5) is 0 Å². The Morgan fingerprint density at radius 2 is 1.59 bits per heavy atom. The average Bonchev–Trinajstić information content (AvgIpc) is 2.70. The van der Waals surface area contributed by atoms with Crippen LogP contribution in [0.15, 0.2) is 12.1 Å². The van der Waals surface area contributed by atoms with Crippen LogP contribution < -0.4 is 30.4 Å². The number of amides is 1. The SMILES string of the molecule is CCOc1cc(C(=O)NNC(=S)N[C@H]2CCCC[C@@H]2C)cc(OCC)c1OCC. The Balaban J connectivity index is 2.05. The van der Waals surface area contributed by atoms with Crippen molar-refractivity contribution in [3.63, 3.8) is 0 Å². The molecule has 0 radical (unpaired) electrons. The first-order valence-electron chi connectivity index (χ1n) is 10.4. The minimum absolute atomic E-state index is 0.334. The van der Waals surface area contributed by atoms with E-state index >= 15 is 0 Å². The first-order valence-corrected chi connectivity index (χ1v) is 10.8. The van der Waals surface area contributed by atoms with Gasteiger partial charge in [0.05, 0.1) is 19.8 Å². The van der Waals surface area contributed by atoms with Gasteiger partial charge in [-0.15, -0.1) is 0 Å². The molecule has 29 heavy (non-hydrogen) atoms.